The molecule has 2 unspecified atom stereocenters. The van der Waals surface area contributed by atoms with Gasteiger partial charge in [-0.1, -0.05) is 6.07 Å². The van der Waals surface area contributed by atoms with Gasteiger partial charge in [0.15, 0.2) is 11.6 Å². The number of ether oxygens (including phenoxy) is 2. The Balaban J connectivity index is 1.47. The molecule has 1 amide bonds. The fourth-order valence-electron chi connectivity index (χ4n) is 3.40. The number of benzene rings is 2. The van der Waals surface area contributed by atoms with E-state index in [1.165, 1.54) is 13.0 Å². The van der Waals surface area contributed by atoms with Crippen molar-refractivity contribution in [1.29, 1.82) is 0 Å². The van der Waals surface area contributed by atoms with Gasteiger partial charge in [0.2, 0.25) is 5.91 Å². The Bertz CT molecular complexity index is 893. The quantitative estimate of drug-likeness (QED) is 0.687. The molecule has 1 saturated heterocycles. The summed E-state index contributed by atoms with van der Waals surface area (Å²) in [5.41, 5.74) is 1.55. The average molecular weight is 420 g/mol. The van der Waals surface area contributed by atoms with Gasteiger partial charge < -0.3 is 19.9 Å². The second kappa shape index (κ2) is 9.86. The van der Waals surface area contributed by atoms with Crippen LogP contribution >= 0.6 is 0 Å². The average Bonchev–Trinajstić information content (AvgIpc) is 3.10. The van der Waals surface area contributed by atoms with Crippen molar-refractivity contribution in [2.24, 2.45) is 0 Å². The highest BCUT2D eigenvalue weighted by atomic mass is 19.2. The molecular weight excluding hydrogens is 394 g/mol. The van der Waals surface area contributed by atoms with E-state index in [-0.39, 0.29) is 24.4 Å². The fraction of sp³-hybridized carbons (Fsp3) is 0.409. The zero-order valence-electron chi connectivity index (χ0n) is 17.0. The first kappa shape index (κ1) is 22.0. The molecule has 1 aliphatic rings. The third-order valence-corrected chi connectivity index (χ3v) is 4.77. The van der Waals surface area contributed by atoms with Crippen LogP contribution in [0.5, 0.6) is 11.5 Å². The minimum absolute atomic E-state index is 0.0703. The highest BCUT2D eigenvalue weighted by Crippen LogP contribution is 2.26. The lowest BCUT2D eigenvalue weighted by atomic mass is 10.2. The summed E-state index contributed by atoms with van der Waals surface area (Å²) in [6.45, 7) is 5.08. The SMILES string of the molecule is CC(=O)Nc1cc(C)ccc1OCC(O)CN1CCC(Oc2ccc(F)c(F)c2)C1. The predicted molar refractivity (Wildman–Crippen MR) is 109 cm³/mol. The van der Waals surface area contributed by atoms with Crippen molar-refractivity contribution < 1.29 is 28.2 Å². The van der Waals surface area contributed by atoms with Crippen molar-refractivity contribution >= 4 is 11.6 Å². The van der Waals surface area contributed by atoms with Crippen LogP contribution in [0, 0.1) is 18.6 Å². The molecule has 0 aromatic heterocycles. The molecule has 2 aromatic rings. The molecule has 0 radical (unpaired) electrons. The fourth-order valence-corrected chi connectivity index (χ4v) is 3.40. The Morgan fingerprint density at radius 3 is 2.80 bits per heavy atom. The van der Waals surface area contributed by atoms with Gasteiger partial charge >= 0.3 is 0 Å². The van der Waals surface area contributed by atoms with Crippen molar-refractivity contribution in [2.75, 3.05) is 31.6 Å². The number of amides is 1. The van der Waals surface area contributed by atoms with Crippen LogP contribution in [-0.4, -0.2) is 54.4 Å². The number of hydrogen-bond acceptors (Lipinski definition) is 5. The van der Waals surface area contributed by atoms with Crippen LogP contribution in [0.1, 0.15) is 18.9 Å². The van der Waals surface area contributed by atoms with Crippen LogP contribution in [0.15, 0.2) is 36.4 Å². The normalized spacial score (nSPS) is 17.6. The lowest BCUT2D eigenvalue weighted by molar-refractivity contribution is -0.114. The molecule has 2 atom stereocenters. The topological polar surface area (TPSA) is 71.0 Å². The van der Waals surface area contributed by atoms with Crippen LogP contribution < -0.4 is 14.8 Å². The van der Waals surface area contributed by atoms with E-state index in [9.17, 15) is 18.7 Å². The van der Waals surface area contributed by atoms with Crippen molar-refractivity contribution in [3.63, 3.8) is 0 Å². The van der Waals surface area contributed by atoms with Gasteiger partial charge in [-0.05, 0) is 43.2 Å². The van der Waals surface area contributed by atoms with E-state index in [0.29, 0.717) is 31.1 Å². The first-order valence-corrected chi connectivity index (χ1v) is 9.83. The molecule has 8 heteroatoms. The number of rotatable bonds is 8. The molecule has 0 saturated carbocycles. The molecule has 2 N–H and O–H groups in total. The maximum Gasteiger partial charge on any atom is 0.221 e. The molecule has 1 fully saturated rings. The molecular formula is C22H26F2N2O4. The van der Waals surface area contributed by atoms with Crippen LogP contribution in [-0.2, 0) is 4.79 Å². The van der Waals surface area contributed by atoms with Crippen molar-refractivity contribution in [2.45, 2.75) is 32.5 Å². The Hall–Kier alpha value is -2.71. The number of likely N-dealkylation sites (tertiary alicyclic amines) is 1. The predicted octanol–water partition coefficient (Wildman–Crippen LogP) is 3.12. The number of β-amino-alcohol motifs (C(OH)–C–C–N with tert-alkyl or cyclic N) is 1. The molecule has 1 aliphatic heterocycles. The van der Waals surface area contributed by atoms with E-state index in [0.717, 1.165) is 24.1 Å². The van der Waals surface area contributed by atoms with Crippen molar-refractivity contribution in [3.8, 4) is 11.5 Å². The molecule has 162 valence electrons. The zero-order valence-corrected chi connectivity index (χ0v) is 17.0. The van der Waals surface area contributed by atoms with Crippen LogP contribution in [0.2, 0.25) is 0 Å². The van der Waals surface area contributed by atoms with Gasteiger partial charge in [0.25, 0.3) is 0 Å². The van der Waals surface area contributed by atoms with E-state index in [1.807, 2.05) is 24.0 Å². The first-order chi connectivity index (χ1) is 14.3. The van der Waals surface area contributed by atoms with E-state index >= 15 is 0 Å². The maximum atomic E-state index is 13.3. The van der Waals surface area contributed by atoms with E-state index in [1.54, 1.807) is 6.07 Å². The number of anilines is 1. The summed E-state index contributed by atoms with van der Waals surface area (Å²) in [5, 5.41) is 13.1. The third kappa shape index (κ3) is 6.14. The standard InChI is InChI=1S/C22H26F2N2O4/c1-14-3-6-22(21(9-14)25-15(2)27)29-13-16(28)11-26-8-7-18(12-26)30-17-4-5-19(23)20(24)10-17/h3-6,9-10,16,18,28H,7-8,11-13H2,1-2H3,(H,25,27). The van der Waals surface area contributed by atoms with Gasteiger partial charge in [-0.3, -0.25) is 9.69 Å². The number of hydrogen-bond donors (Lipinski definition) is 2. The minimum atomic E-state index is -0.940. The molecule has 1 heterocycles. The Morgan fingerprint density at radius 1 is 1.27 bits per heavy atom. The Morgan fingerprint density at radius 2 is 2.07 bits per heavy atom. The van der Waals surface area contributed by atoms with Gasteiger partial charge in [0, 0.05) is 32.6 Å². The largest absolute Gasteiger partial charge is 0.489 e. The monoisotopic (exact) mass is 420 g/mol. The second-order valence-electron chi connectivity index (χ2n) is 7.51. The summed E-state index contributed by atoms with van der Waals surface area (Å²) < 4.78 is 37.8. The lowest BCUT2D eigenvalue weighted by Crippen LogP contribution is -2.35. The van der Waals surface area contributed by atoms with E-state index in [4.69, 9.17) is 9.47 Å². The summed E-state index contributed by atoms with van der Waals surface area (Å²) in [6, 6.07) is 8.91. The van der Waals surface area contributed by atoms with Crippen LogP contribution in [0.25, 0.3) is 0 Å². The number of aryl methyl sites for hydroxylation is 1. The number of carbonyl (C=O) groups excluding carboxylic acids is 1. The van der Waals surface area contributed by atoms with Crippen molar-refractivity contribution in [3.05, 3.63) is 53.6 Å². The smallest absolute Gasteiger partial charge is 0.221 e. The van der Waals surface area contributed by atoms with E-state index in [2.05, 4.69) is 5.32 Å². The highest BCUT2D eigenvalue weighted by molar-refractivity contribution is 5.90. The van der Waals surface area contributed by atoms with Gasteiger partial charge in [0.1, 0.15) is 30.3 Å². The first-order valence-electron chi connectivity index (χ1n) is 9.83. The summed E-state index contributed by atoms with van der Waals surface area (Å²) in [4.78, 5) is 13.4. The summed E-state index contributed by atoms with van der Waals surface area (Å²) in [5.74, 6) is -1.26. The number of aliphatic hydroxyl groups excluding tert-OH is 1. The van der Waals surface area contributed by atoms with Crippen LogP contribution in [0.3, 0.4) is 0 Å². The number of halogens is 2. The van der Waals surface area contributed by atoms with Gasteiger partial charge in [-0.25, -0.2) is 8.78 Å². The zero-order chi connectivity index (χ0) is 21.7. The van der Waals surface area contributed by atoms with Gasteiger partial charge in [0.05, 0.1) is 5.69 Å². The molecule has 0 aliphatic carbocycles. The number of carbonyl (C=O) groups is 1. The highest BCUT2D eigenvalue weighted by Gasteiger charge is 2.26. The number of nitrogens with one attached hydrogen (secondary N) is 1. The summed E-state index contributed by atoms with van der Waals surface area (Å²) >= 11 is 0. The number of aliphatic hydroxyl groups is 1. The van der Waals surface area contributed by atoms with E-state index < -0.39 is 17.7 Å². The second-order valence-corrected chi connectivity index (χ2v) is 7.51. The molecule has 2 aromatic carbocycles. The molecule has 30 heavy (non-hydrogen) atoms. The molecule has 3 rings (SSSR count). The van der Waals surface area contributed by atoms with Crippen molar-refractivity contribution in [1.82, 2.24) is 4.90 Å². The van der Waals surface area contributed by atoms with Crippen LogP contribution in [0.4, 0.5) is 14.5 Å². The molecule has 6 nitrogen and oxygen atoms in total. The summed E-state index contributed by atoms with van der Waals surface area (Å²) in [7, 11) is 0. The van der Waals surface area contributed by atoms with Gasteiger partial charge in [-0.15, -0.1) is 0 Å². The van der Waals surface area contributed by atoms with Gasteiger partial charge in [-0.2, -0.15) is 0 Å². The molecule has 0 spiro atoms. The molecule has 0 bridgehead atoms. The maximum absolute atomic E-state index is 13.3. The third-order valence-electron chi connectivity index (χ3n) is 4.77. The summed E-state index contributed by atoms with van der Waals surface area (Å²) in [6.07, 6.45) is -0.179. The lowest BCUT2D eigenvalue weighted by Gasteiger charge is -2.21. The number of nitrogens with zero attached hydrogens (tertiary/aromatic N) is 1. The Labute approximate surface area is 174 Å². The Kier molecular flexibility index (Phi) is 7.23. The minimum Gasteiger partial charge on any atom is -0.489 e.